The van der Waals surface area contributed by atoms with E-state index in [0.717, 1.165) is 10.5 Å². The highest BCUT2D eigenvalue weighted by molar-refractivity contribution is 6.39. The smallest absolute Gasteiger partial charge is 0.329 e. The molecule has 396 valence electrons. The molecule has 70 heavy (non-hydrogen) atoms. The zero-order valence-electron chi connectivity index (χ0n) is 43.2. The number of fused-ring (bicyclic) bond motifs is 3. The molecule has 3 fully saturated rings. The van der Waals surface area contributed by atoms with Crippen LogP contribution in [0.3, 0.4) is 0 Å². The third kappa shape index (κ3) is 16.0. The first-order valence-corrected chi connectivity index (χ1v) is 25.7. The molecule has 3 aliphatic heterocycles. The fourth-order valence-corrected chi connectivity index (χ4v) is 10.4. The highest BCUT2D eigenvalue weighted by Crippen LogP contribution is 2.38. The van der Waals surface area contributed by atoms with Gasteiger partial charge in [-0.15, -0.1) is 0 Å². The summed E-state index contributed by atoms with van der Waals surface area (Å²) in [5.74, 6) is -9.02. The molecular formula is C54H85NO15. The van der Waals surface area contributed by atoms with Crippen molar-refractivity contribution in [2.75, 3.05) is 40.6 Å². The van der Waals surface area contributed by atoms with Crippen LogP contribution in [0.25, 0.3) is 0 Å². The van der Waals surface area contributed by atoms with Crippen LogP contribution in [-0.2, 0) is 47.7 Å². The first kappa shape index (κ1) is 59.1. The van der Waals surface area contributed by atoms with Gasteiger partial charge in [0.15, 0.2) is 5.78 Å². The van der Waals surface area contributed by atoms with Gasteiger partial charge in [0, 0.05) is 57.3 Å². The fourth-order valence-electron chi connectivity index (χ4n) is 10.4. The number of ketones is 3. The van der Waals surface area contributed by atoms with Gasteiger partial charge in [-0.3, -0.25) is 19.2 Å². The van der Waals surface area contributed by atoms with E-state index in [-0.39, 0.29) is 81.1 Å². The third-order valence-corrected chi connectivity index (χ3v) is 15.2. The molecule has 1 aliphatic carbocycles. The number of Topliss-reactive ketones (excluding diaryl/α,β-unsaturated/α-hetero) is 3. The van der Waals surface area contributed by atoms with Crippen molar-refractivity contribution in [3.8, 4) is 0 Å². The van der Waals surface area contributed by atoms with Gasteiger partial charge in [-0.1, -0.05) is 71.1 Å². The van der Waals surface area contributed by atoms with E-state index >= 15 is 0 Å². The number of amides is 1. The number of carbonyl (C=O) groups is 5. The van der Waals surface area contributed by atoms with Crippen LogP contribution >= 0.6 is 0 Å². The first-order valence-electron chi connectivity index (χ1n) is 25.7. The molecule has 1 unspecified atom stereocenters. The third-order valence-electron chi connectivity index (χ3n) is 15.2. The summed E-state index contributed by atoms with van der Waals surface area (Å²) in [6.45, 7) is 11.9. The van der Waals surface area contributed by atoms with Crippen molar-refractivity contribution in [2.24, 2.45) is 41.4 Å². The molecule has 5 N–H and O–H groups in total. The van der Waals surface area contributed by atoms with Gasteiger partial charge in [0.2, 0.25) is 5.79 Å². The molecule has 2 bridgehead atoms. The molecule has 0 aromatic heterocycles. The molecule has 4 rings (SSSR count). The van der Waals surface area contributed by atoms with Crippen LogP contribution in [0.1, 0.15) is 126 Å². The van der Waals surface area contributed by atoms with Gasteiger partial charge in [0.1, 0.15) is 30.1 Å². The Hall–Kier alpha value is -3.45. The number of nitrogens with zero attached hydrogens (tertiary/aromatic N) is 1. The number of carbonyl (C=O) groups excluding carboxylic acids is 5. The number of hydrogen-bond acceptors (Lipinski definition) is 15. The summed E-state index contributed by atoms with van der Waals surface area (Å²) in [5.41, 5.74) is 1.12. The van der Waals surface area contributed by atoms with E-state index in [1.54, 1.807) is 40.9 Å². The van der Waals surface area contributed by atoms with Crippen molar-refractivity contribution in [1.82, 2.24) is 4.90 Å². The van der Waals surface area contributed by atoms with E-state index in [4.69, 9.17) is 23.7 Å². The number of methoxy groups -OCH3 is 2. The topological polar surface area (TPSA) is 236 Å². The molecular weight excluding hydrogens is 903 g/mol. The van der Waals surface area contributed by atoms with E-state index < -0.39 is 89.8 Å². The lowest BCUT2D eigenvalue weighted by Gasteiger charge is -2.43. The lowest BCUT2D eigenvalue weighted by atomic mass is 9.78. The number of cyclic esters (lactones) is 1. The fraction of sp³-hybridized carbons (Fsp3) is 0.759. The van der Waals surface area contributed by atoms with E-state index in [2.05, 4.69) is 0 Å². The average Bonchev–Trinajstić information content (AvgIpc) is 3.34. The second-order valence-corrected chi connectivity index (χ2v) is 20.9. The molecule has 1 saturated carbocycles. The summed E-state index contributed by atoms with van der Waals surface area (Å²) in [6, 6.07) is -1.19. The normalized spacial score (nSPS) is 38.5. The molecule has 16 nitrogen and oxygen atoms in total. The standard InChI is InChI=1S/C54H85NO15/c1-32-15-11-10-12-16-33(2)45(68-31-40(29-56)30-57)27-41-20-18-38(7)54(65,70-41)51(62)52(63)55-22-14-13-17-42(55)53(64)69-46(35(4)25-39-19-21-43(58)47(26-39)66-8)28-44(59)34(3)24-37(6)49(61)50(67-9)48(60)36(5)23-32/h10-12,15-16,24,32,34-36,38-43,45-47,49-50,56-58,61,65H,13-14,17-23,25-31H2,1-9H3/b12-10+,15-11+,33-16+,37-24+/t32-,34-,35-,36-,38-,39+,41+,42?,43-,45+,46+,47-,49-,50+,54-/m1/s1. The second-order valence-electron chi connectivity index (χ2n) is 20.9. The highest BCUT2D eigenvalue weighted by Gasteiger charge is 2.53. The maximum absolute atomic E-state index is 14.4. The van der Waals surface area contributed by atoms with E-state index in [9.17, 15) is 49.5 Å². The Bertz CT molecular complexity index is 1860. The Balaban J connectivity index is 1.73. The molecule has 1 amide bonds. The molecule has 16 heteroatoms. The summed E-state index contributed by atoms with van der Waals surface area (Å²) >= 11 is 0. The minimum absolute atomic E-state index is 0.0147. The summed E-state index contributed by atoms with van der Waals surface area (Å²) in [4.78, 5) is 72.3. The van der Waals surface area contributed by atoms with Crippen LogP contribution in [-0.4, -0.2) is 155 Å². The van der Waals surface area contributed by atoms with Crippen molar-refractivity contribution in [3.63, 3.8) is 0 Å². The zero-order valence-corrected chi connectivity index (χ0v) is 43.2. The van der Waals surface area contributed by atoms with Crippen LogP contribution in [0.2, 0.25) is 0 Å². The SMILES string of the molecule is CO[C@@H]1C[C@H](C[C@@H](C)[C@@H]2CC(=O)[C@H](C)/C=C(\C)[C@@H](O)[C@@H](OC)C(=O)[C@H](C)C[C@H](C)/C=C/C=C/C=C(\C)[C@@H](OCC(CO)CO)C[C@@H]3CC[C@@H](C)[C@@](O)(O3)C(=O)C(=O)N3CCCCC3C(=O)O2)CC[C@H]1O. The predicted molar refractivity (Wildman–Crippen MR) is 262 cm³/mol. The van der Waals surface area contributed by atoms with Crippen molar-refractivity contribution in [1.29, 1.82) is 0 Å². The average molecular weight is 988 g/mol. The van der Waals surface area contributed by atoms with Crippen LogP contribution in [0, 0.1) is 41.4 Å². The van der Waals surface area contributed by atoms with Gasteiger partial charge >= 0.3 is 5.97 Å². The quantitative estimate of drug-likeness (QED) is 0.108. The van der Waals surface area contributed by atoms with Crippen molar-refractivity contribution in [3.05, 3.63) is 47.6 Å². The highest BCUT2D eigenvalue weighted by atomic mass is 16.6. The number of aliphatic hydroxyl groups excluding tert-OH is 4. The van der Waals surface area contributed by atoms with Crippen LogP contribution in [0.15, 0.2) is 47.6 Å². The van der Waals surface area contributed by atoms with E-state index in [0.29, 0.717) is 63.4 Å². The summed E-state index contributed by atoms with van der Waals surface area (Å²) in [6.07, 6.45) is 9.89. The van der Waals surface area contributed by atoms with Crippen molar-refractivity contribution < 1.29 is 73.2 Å². The maximum atomic E-state index is 14.4. The molecule has 0 spiro atoms. The Morgan fingerprint density at radius 3 is 2.24 bits per heavy atom. The molecule has 2 saturated heterocycles. The summed E-state index contributed by atoms with van der Waals surface area (Å²) in [5, 5.41) is 53.6. The van der Waals surface area contributed by atoms with Crippen LogP contribution in [0.4, 0.5) is 0 Å². The number of ether oxygens (including phenoxy) is 5. The number of piperidine rings is 1. The Labute approximate surface area is 415 Å². The molecule has 15 atom stereocenters. The maximum Gasteiger partial charge on any atom is 0.329 e. The first-order chi connectivity index (χ1) is 33.2. The molecule has 3 heterocycles. The van der Waals surface area contributed by atoms with Crippen LogP contribution < -0.4 is 0 Å². The monoisotopic (exact) mass is 988 g/mol. The van der Waals surface area contributed by atoms with Crippen LogP contribution in [0.5, 0.6) is 0 Å². The minimum atomic E-state index is -2.52. The van der Waals surface area contributed by atoms with Crippen molar-refractivity contribution >= 4 is 29.2 Å². The van der Waals surface area contributed by atoms with Gasteiger partial charge in [0.25, 0.3) is 11.7 Å². The Morgan fingerprint density at radius 1 is 0.857 bits per heavy atom. The van der Waals surface area contributed by atoms with Gasteiger partial charge in [-0.2, -0.15) is 0 Å². The number of esters is 1. The molecule has 0 aromatic rings. The predicted octanol–water partition coefficient (Wildman–Crippen LogP) is 5.15. The summed E-state index contributed by atoms with van der Waals surface area (Å²) < 4.78 is 29.9. The number of hydrogen-bond donors (Lipinski definition) is 5. The van der Waals surface area contributed by atoms with Gasteiger partial charge in [0.05, 0.1) is 44.2 Å². The van der Waals surface area contributed by atoms with E-state index in [1.165, 1.54) is 7.11 Å². The molecule has 4 aliphatic rings. The number of allylic oxidation sites excluding steroid dienone is 6. The largest absolute Gasteiger partial charge is 0.460 e. The van der Waals surface area contributed by atoms with Gasteiger partial charge in [-0.25, -0.2) is 4.79 Å². The lowest BCUT2D eigenvalue weighted by Crippen LogP contribution is -2.61. The summed E-state index contributed by atoms with van der Waals surface area (Å²) in [7, 11) is 2.92. The Kier molecular flexibility index (Phi) is 23.7. The van der Waals surface area contributed by atoms with Crippen molar-refractivity contribution in [2.45, 2.75) is 180 Å². The number of rotatable bonds is 10. The minimum Gasteiger partial charge on any atom is -0.460 e. The second kappa shape index (κ2) is 28.1. The zero-order chi connectivity index (χ0) is 51.9. The lowest BCUT2D eigenvalue weighted by molar-refractivity contribution is -0.266. The van der Waals surface area contributed by atoms with Gasteiger partial charge < -0.3 is 54.1 Å². The Morgan fingerprint density at radius 2 is 1.57 bits per heavy atom. The molecule has 0 aromatic carbocycles. The van der Waals surface area contributed by atoms with Gasteiger partial charge in [-0.05, 0) is 107 Å². The number of aliphatic hydroxyl groups is 5. The molecule has 0 radical (unpaired) electrons. The van der Waals surface area contributed by atoms with E-state index in [1.807, 2.05) is 51.2 Å².